The monoisotopic (exact) mass is 411 g/mol. The van der Waals surface area contributed by atoms with Crippen molar-refractivity contribution in [2.45, 2.75) is 45.8 Å². The van der Waals surface area contributed by atoms with Crippen molar-refractivity contribution in [3.63, 3.8) is 0 Å². The Kier molecular flexibility index (Phi) is 6.55. The van der Waals surface area contributed by atoms with E-state index in [9.17, 15) is 19.1 Å². The number of hydrogen-bond acceptors (Lipinski definition) is 4. The summed E-state index contributed by atoms with van der Waals surface area (Å²) in [6.07, 6.45) is 0.615. The first-order valence-electron chi connectivity index (χ1n) is 10.1. The number of Topliss-reactive ketones (excluding diaryl/α,β-unsaturated/α-hetero) is 1. The number of ether oxygens (including phenoxy) is 1. The van der Waals surface area contributed by atoms with Crippen molar-refractivity contribution in [1.82, 2.24) is 4.90 Å². The molecule has 1 heterocycles. The van der Waals surface area contributed by atoms with Gasteiger partial charge >= 0.3 is 0 Å². The number of carbonyl (C=O) groups excluding carboxylic acids is 2. The molecule has 0 radical (unpaired) electrons. The first-order chi connectivity index (χ1) is 14.3. The largest absolute Gasteiger partial charge is 0.503 e. The number of ketones is 1. The van der Waals surface area contributed by atoms with Gasteiger partial charge in [0.1, 0.15) is 11.6 Å². The number of halogens is 1. The fraction of sp³-hybridized carbons (Fsp3) is 0.333. The molecule has 0 saturated heterocycles. The molecule has 0 fully saturated rings. The van der Waals surface area contributed by atoms with Crippen LogP contribution in [0.15, 0.2) is 59.9 Å². The molecule has 0 bridgehead atoms. The Hall–Kier alpha value is -3.15. The van der Waals surface area contributed by atoms with Gasteiger partial charge in [-0.25, -0.2) is 4.39 Å². The molecule has 0 aromatic heterocycles. The smallest absolute Gasteiger partial charge is 0.290 e. The molecule has 158 valence electrons. The summed E-state index contributed by atoms with van der Waals surface area (Å²) in [6, 6.07) is 12.6. The number of aliphatic hydroxyl groups is 1. The Morgan fingerprint density at radius 2 is 1.90 bits per heavy atom. The standard InChI is InChI=1S/C24H26FNO4/c1-4-20(27)21-22(17-6-5-7-19(14-17)30-15(2)3)26(24(29)23(21)28)13-12-16-8-10-18(25)11-9-16/h5-11,14-15,22,28H,4,12-13H2,1-3H3. The minimum Gasteiger partial charge on any atom is -0.503 e. The first-order valence-corrected chi connectivity index (χ1v) is 10.1. The van der Waals surface area contributed by atoms with Crippen LogP contribution >= 0.6 is 0 Å². The fourth-order valence-corrected chi connectivity index (χ4v) is 3.64. The molecule has 2 aromatic rings. The third kappa shape index (κ3) is 4.53. The van der Waals surface area contributed by atoms with Gasteiger partial charge in [-0.2, -0.15) is 0 Å². The highest BCUT2D eigenvalue weighted by Gasteiger charge is 2.42. The molecule has 2 aromatic carbocycles. The van der Waals surface area contributed by atoms with Crippen LogP contribution in [0, 0.1) is 5.82 Å². The van der Waals surface area contributed by atoms with E-state index >= 15 is 0 Å². The number of nitrogens with zero attached hydrogens (tertiary/aromatic N) is 1. The minimum atomic E-state index is -0.693. The van der Waals surface area contributed by atoms with Gasteiger partial charge in [0.15, 0.2) is 11.5 Å². The molecule has 1 amide bonds. The average molecular weight is 411 g/mol. The SMILES string of the molecule is CCC(=O)C1=C(O)C(=O)N(CCc2ccc(F)cc2)C1c1cccc(OC(C)C)c1. The molecule has 0 aliphatic carbocycles. The summed E-state index contributed by atoms with van der Waals surface area (Å²) in [5.41, 5.74) is 1.67. The summed E-state index contributed by atoms with van der Waals surface area (Å²) in [5, 5.41) is 10.5. The van der Waals surface area contributed by atoms with E-state index < -0.39 is 17.7 Å². The van der Waals surface area contributed by atoms with Gasteiger partial charge in [-0.3, -0.25) is 9.59 Å². The quantitative estimate of drug-likeness (QED) is 0.693. The molecule has 1 N–H and O–H groups in total. The van der Waals surface area contributed by atoms with Gasteiger partial charge in [-0.15, -0.1) is 0 Å². The fourth-order valence-electron chi connectivity index (χ4n) is 3.64. The Balaban J connectivity index is 1.95. The molecule has 30 heavy (non-hydrogen) atoms. The third-order valence-corrected chi connectivity index (χ3v) is 5.03. The van der Waals surface area contributed by atoms with Crippen molar-refractivity contribution in [1.29, 1.82) is 0 Å². The van der Waals surface area contributed by atoms with Gasteiger partial charge in [0, 0.05) is 13.0 Å². The van der Waals surface area contributed by atoms with Crippen LogP contribution in [0.3, 0.4) is 0 Å². The Morgan fingerprint density at radius 1 is 1.20 bits per heavy atom. The van der Waals surface area contributed by atoms with E-state index in [1.54, 1.807) is 31.2 Å². The van der Waals surface area contributed by atoms with E-state index in [-0.39, 0.29) is 36.2 Å². The number of hydrogen-bond donors (Lipinski definition) is 1. The van der Waals surface area contributed by atoms with E-state index in [0.717, 1.165) is 5.56 Å². The van der Waals surface area contributed by atoms with Crippen LogP contribution in [0.1, 0.15) is 44.4 Å². The zero-order valence-electron chi connectivity index (χ0n) is 17.4. The van der Waals surface area contributed by atoms with Crippen molar-refractivity contribution in [3.05, 3.63) is 76.8 Å². The second kappa shape index (κ2) is 9.11. The van der Waals surface area contributed by atoms with Gasteiger partial charge < -0.3 is 14.7 Å². The normalized spacial score (nSPS) is 16.5. The topological polar surface area (TPSA) is 66.8 Å². The maximum Gasteiger partial charge on any atom is 0.290 e. The molecule has 1 unspecified atom stereocenters. The van der Waals surface area contributed by atoms with Crippen LogP contribution in [0.5, 0.6) is 5.75 Å². The number of benzene rings is 2. The molecular formula is C24H26FNO4. The lowest BCUT2D eigenvalue weighted by atomic mass is 9.94. The lowest BCUT2D eigenvalue weighted by Gasteiger charge is -2.27. The van der Waals surface area contributed by atoms with E-state index in [0.29, 0.717) is 17.7 Å². The molecule has 1 atom stereocenters. The first kappa shape index (κ1) is 21.6. The van der Waals surface area contributed by atoms with Gasteiger partial charge in [0.25, 0.3) is 5.91 Å². The molecule has 5 nitrogen and oxygen atoms in total. The predicted octanol–water partition coefficient (Wildman–Crippen LogP) is 4.53. The second-order valence-electron chi connectivity index (χ2n) is 7.56. The maximum atomic E-state index is 13.2. The summed E-state index contributed by atoms with van der Waals surface area (Å²) in [7, 11) is 0. The van der Waals surface area contributed by atoms with E-state index in [1.807, 2.05) is 26.0 Å². The van der Waals surface area contributed by atoms with Crippen LogP contribution in [0.25, 0.3) is 0 Å². The van der Waals surface area contributed by atoms with Crippen LogP contribution in [0.2, 0.25) is 0 Å². The summed E-state index contributed by atoms with van der Waals surface area (Å²) in [4.78, 5) is 26.9. The zero-order chi connectivity index (χ0) is 21.8. The lowest BCUT2D eigenvalue weighted by Crippen LogP contribution is -2.33. The number of amides is 1. The Morgan fingerprint density at radius 3 is 2.53 bits per heavy atom. The summed E-state index contributed by atoms with van der Waals surface area (Å²) in [6.45, 7) is 5.80. The number of rotatable bonds is 8. The predicted molar refractivity (Wildman–Crippen MR) is 112 cm³/mol. The zero-order valence-corrected chi connectivity index (χ0v) is 17.4. The van der Waals surface area contributed by atoms with E-state index in [4.69, 9.17) is 4.74 Å². The summed E-state index contributed by atoms with van der Waals surface area (Å²) >= 11 is 0. The molecule has 6 heteroatoms. The third-order valence-electron chi connectivity index (χ3n) is 5.03. The van der Waals surface area contributed by atoms with E-state index in [1.165, 1.54) is 17.0 Å². The highest BCUT2D eigenvalue weighted by molar-refractivity contribution is 6.08. The second-order valence-corrected chi connectivity index (χ2v) is 7.56. The minimum absolute atomic E-state index is 0.0271. The Bertz CT molecular complexity index is 965. The van der Waals surface area contributed by atoms with Crippen molar-refractivity contribution in [2.75, 3.05) is 6.54 Å². The van der Waals surface area contributed by atoms with Crippen LogP contribution in [-0.4, -0.2) is 34.3 Å². The van der Waals surface area contributed by atoms with Gasteiger partial charge in [-0.1, -0.05) is 31.2 Å². The highest BCUT2D eigenvalue weighted by atomic mass is 19.1. The number of aliphatic hydroxyl groups excluding tert-OH is 1. The van der Waals surface area contributed by atoms with E-state index in [2.05, 4.69) is 0 Å². The molecule has 1 aliphatic heterocycles. The molecular weight excluding hydrogens is 385 g/mol. The maximum absolute atomic E-state index is 13.2. The Labute approximate surface area is 175 Å². The average Bonchev–Trinajstić information content (AvgIpc) is 2.97. The van der Waals surface area contributed by atoms with Crippen LogP contribution in [0.4, 0.5) is 4.39 Å². The van der Waals surface area contributed by atoms with Crippen molar-refractivity contribution in [3.8, 4) is 5.75 Å². The van der Waals surface area contributed by atoms with Crippen LogP contribution in [-0.2, 0) is 16.0 Å². The molecule has 3 rings (SSSR count). The molecule has 1 aliphatic rings. The number of carbonyl (C=O) groups is 2. The van der Waals surface area contributed by atoms with Crippen molar-refractivity contribution in [2.24, 2.45) is 0 Å². The lowest BCUT2D eigenvalue weighted by molar-refractivity contribution is -0.129. The van der Waals surface area contributed by atoms with Crippen molar-refractivity contribution >= 4 is 11.7 Å². The summed E-state index contributed by atoms with van der Waals surface area (Å²) < 4.78 is 18.9. The summed E-state index contributed by atoms with van der Waals surface area (Å²) in [5.74, 6) is -1.05. The van der Waals surface area contributed by atoms with Gasteiger partial charge in [0.05, 0.1) is 17.7 Å². The van der Waals surface area contributed by atoms with Crippen LogP contribution < -0.4 is 4.74 Å². The highest BCUT2D eigenvalue weighted by Crippen LogP contribution is 2.39. The van der Waals surface area contributed by atoms with Gasteiger partial charge in [0.2, 0.25) is 0 Å². The van der Waals surface area contributed by atoms with Gasteiger partial charge in [-0.05, 0) is 55.7 Å². The molecule has 0 saturated carbocycles. The van der Waals surface area contributed by atoms with Crippen molar-refractivity contribution < 1.29 is 23.8 Å². The molecule has 0 spiro atoms.